The molecule has 4 aromatic rings. The number of hydrogen-bond acceptors (Lipinski definition) is 7. The normalized spacial score (nSPS) is 16.0. The van der Waals surface area contributed by atoms with Gasteiger partial charge in [0.2, 0.25) is 5.89 Å². The molecule has 0 amide bonds. The van der Waals surface area contributed by atoms with Gasteiger partial charge in [0.1, 0.15) is 11.1 Å². The molecule has 0 spiro atoms. The van der Waals surface area contributed by atoms with Crippen LogP contribution in [0.3, 0.4) is 0 Å². The summed E-state index contributed by atoms with van der Waals surface area (Å²) in [6.45, 7) is 1.57. The van der Waals surface area contributed by atoms with E-state index in [4.69, 9.17) is 9.15 Å². The third-order valence-corrected chi connectivity index (χ3v) is 8.26. The molecule has 10 heteroatoms. The van der Waals surface area contributed by atoms with Crippen LogP contribution in [0, 0.1) is 5.92 Å². The van der Waals surface area contributed by atoms with Crippen molar-refractivity contribution in [2.75, 3.05) is 0 Å². The van der Waals surface area contributed by atoms with Crippen molar-refractivity contribution in [1.29, 1.82) is 0 Å². The topological polar surface area (TPSA) is 117 Å². The number of carbonyl (C=O) groups is 1. The second-order valence-corrected chi connectivity index (χ2v) is 10.9. The van der Waals surface area contributed by atoms with Crippen molar-refractivity contribution in [2.24, 2.45) is 5.92 Å². The smallest absolute Gasteiger partial charge is 0.332 e. The lowest BCUT2D eigenvalue weighted by Gasteiger charge is -2.28. The maximum Gasteiger partial charge on any atom is 0.332 e. The number of thiophene rings is 1. The molecule has 1 fully saturated rings. The molecule has 1 unspecified atom stereocenters. The molecular weight excluding hydrogens is 506 g/mol. The minimum atomic E-state index is -1.07. The first-order chi connectivity index (χ1) is 18.4. The van der Waals surface area contributed by atoms with Crippen LogP contribution in [0.15, 0.2) is 62.9 Å². The van der Waals surface area contributed by atoms with Crippen LogP contribution >= 0.6 is 11.3 Å². The average molecular weight is 538 g/mol. The Kier molecular flexibility index (Phi) is 7.90. The highest BCUT2D eigenvalue weighted by atomic mass is 32.1. The number of nitrogens with zero attached hydrogens (tertiary/aromatic N) is 3. The van der Waals surface area contributed by atoms with Gasteiger partial charge in [0.25, 0.3) is 5.56 Å². The number of aliphatic carboxylic acids is 1. The zero-order chi connectivity index (χ0) is 26.6. The number of carboxylic acid groups (broad SMARTS) is 1. The molecule has 2 atom stereocenters. The molecular formula is C28H31N3O6S. The largest absolute Gasteiger partial charge is 0.481 e. The van der Waals surface area contributed by atoms with Crippen molar-refractivity contribution >= 4 is 27.5 Å². The van der Waals surface area contributed by atoms with Crippen LogP contribution < -0.4 is 11.2 Å². The molecule has 1 saturated carbocycles. The first-order valence-electron chi connectivity index (χ1n) is 13.0. The van der Waals surface area contributed by atoms with Crippen LogP contribution in [-0.2, 0) is 22.6 Å². The standard InChI is InChI=1S/C28H31N3O6S/c1-18(27(33)34)17-31-25(32)21-16-23(24-29-13-15-36-24)38-26(21)30(28(31)35)14-12-22(19-8-4-2-5-9-19)37-20-10-6-3-7-11-20/h2,4-5,8-9,13,15-16,18,20,22H,3,6-7,10-12,14,17H2,1H3,(H,33,34)/t18?,22-/m1/s1. The van der Waals surface area contributed by atoms with Crippen LogP contribution in [0.2, 0.25) is 0 Å². The van der Waals surface area contributed by atoms with E-state index in [1.165, 1.54) is 37.1 Å². The van der Waals surface area contributed by atoms with Gasteiger partial charge >= 0.3 is 11.7 Å². The molecule has 0 bridgehead atoms. The maximum atomic E-state index is 13.7. The van der Waals surface area contributed by atoms with E-state index in [1.807, 2.05) is 30.3 Å². The van der Waals surface area contributed by atoms with E-state index in [0.717, 1.165) is 35.8 Å². The lowest BCUT2D eigenvalue weighted by Crippen LogP contribution is -2.42. The fraction of sp³-hybridized carbons (Fsp3) is 0.429. The minimum absolute atomic E-state index is 0.175. The number of aryl methyl sites for hydroxylation is 1. The molecule has 0 saturated heterocycles. The number of oxazole rings is 1. The lowest BCUT2D eigenvalue weighted by molar-refractivity contribution is -0.141. The van der Waals surface area contributed by atoms with Crippen LogP contribution in [0.4, 0.5) is 0 Å². The monoisotopic (exact) mass is 537 g/mol. The van der Waals surface area contributed by atoms with E-state index >= 15 is 0 Å². The van der Waals surface area contributed by atoms with Gasteiger partial charge in [-0.15, -0.1) is 11.3 Å². The second kappa shape index (κ2) is 11.5. The Morgan fingerprint density at radius 1 is 1.18 bits per heavy atom. The third kappa shape index (κ3) is 5.51. The minimum Gasteiger partial charge on any atom is -0.481 e. The van der Waals surface area contributed by atoms with E-state index in [0.29, 0.717) is 34.0 Å². The van der Waals surface area contributed by atoms with Crippen molar-refractivity contribution in [2.45, 2.75) is 70.7 Å². The number of rotatable bonds is 10. The van der Waals surface area contributed by atoms with Crippen LogP contribution in [-0.4, -0.2) is 31.3 Å². The number of ether oxygens (including phenoxy) is 1. The van der Waals surface area contributed by atoms with E-state index in [2.05, 4.69) is 4.98 Å². The summed E-state index contributed by atoms with van der Waals surface area (Å²) in [6.07, 6.45) is 9.03. The van der Waals surface area contributed by atoms with Gasteiger partial charge < -0.3 is 14.3 Å². The fourth-order valence-electron chi connectivity index (χ4n) is 5.02. The first kappa shape index (κ1) is 26.1. The zero-order valence-corrected chi connectivity index (χ0v) is 22.1. The van der Waals surface area contributed by atoms with Crippen LogP contribution in [0.1, 0.15) is 57.1 Å². The molecule has 3 heterocycles. The highest BCUT2D eigenvalue weighted by molar-refractivity contribution is 7.21. The van der Waals surface area contributed by atoms with Gasteiger partial charge in [-0.25, -0.2) is 9.78 Å². The predicted octanol–water partition coefficient (Wildman–Crippen LogP) is 5.08. The summed E-state index contributed by atoms with van der Waals surface area (Å²) in [5.41, 5.74) is 0.00388. The molecule has 9 nitrogen and oxygen atoms in total. The van der Waals surface area contributed by atoms with Crippen molar-refractivity contribution in [3.63, 3.8) is 0 Å². The Hall–Kier alpha value is -3.50. The summed E-state index contributed by atoms with van der Waals surface area (Å²) in [5, 5.41) is 9.77. The van der Waals surface area contributed by atoms with E-state index in [1.54, 1.807) is 10.6 Å². The SMILES string of the molecule is CC(Cn1c(=O)c2cc(-c3ncco3)sc2n(CC[C@@H](OC2CCCCC2)c2ccccc2)c1=O)C(=O)O. The van der Waals surface area contributed by atoms with Gasteiger partial charge in [0.05, 0.1) is 34.6 Å². The third-order valence-electron chi connectivity index (χ3n) is 7.11. The molecule has 200 valence electrons. The van der Waals surface area contributed by atoms with Crippen molar-refractivity contribution in [3.05, 3.63) is 75.3 Å². The summed E-state index contributed by atoms with van der Waals surface area (Å²) in [4.78, 5) is 43.9. The summed E-state index contributed by atoms with van der Waals surface area (Å²) >= 11 is 1.26. The van der Waals surface area contributed by atoms with Gasteiger partial charge in [-0.1, -0.05) is 56.5 Å². The molecule has 1 aliphatic rings. The number of benzene rings is 1. The molecule has 1 N–H and O–H groups in total. The lowest BCUT2D eigenvalue weighted by atomic mass is 9.97. The van der Waals surface area contributed by atoms with Crippen molar-refractivity contribution < 1.29 is 19.1 Å². The van der Waals surface area contributed by atoms with E-state index in [-0.39, 0.29) is 18.8 Å². The van der Waals surface area contributed by atoms with Gasteiger partial charge in [-0.05, 0) is 30.9 Å². The average Bonchev–Trinajstić information content (AvgIpc) is 3.62. The Bertz CT molecular complexity index is 1500. The summed E-state index contributed by atoms with van der Waals surface area (Å²) in [6, 6.07) is 11.7. The molecule has 1 aromatic carbocycles. The van der Waals surface area contributed by atoms with Gasteiger partial charge in [0.15, 0.2) is 0 Å². The fourth-order valence-corrected chi connectivity index (χ4v) is 6.13. The highest BCUT2D eigenvalue weighted by Crippen LogP contribution is 2.33. The number of carboxylic acids is 1. The van der Waals surface area contributed by atoms with Crippen LogP contribution in [0.5, 0.6) is 0 Å². The molecule has 1 aliphatic carbocycles. The quantitative estimate of drug-likeness (QED) is 0.300. The highest BCUT2D eigenvalue weighted by Gasteiger charge is 2.24. The number of fused-ring (bicyclic) bond motifs is 1. The zero-order valence-electron chi connectivity index (χ0n) is 21.2. The predicted molar refractivity (Wildman–Crippen MR) is 144 cm³/mol. The van der Waals surface area contributed by atoms with Gasteiger partial charge in [0, 0.05) is 13.1 Å². The van der Waals surface area contributed by atoms with Crippen molar-refractivity contribution in [1.82, 2.24) is 14.1 Å². The summed E-state index contributed by atoms with van der Waals surface area (Å²) in [7, 11) is 0. The summed E-state index contributed by atoms with van der Waals surface area (Å²) < 4.78 is 14.6. The molecule has 5 rings (SSSR count). The Labute approximate surface area is 223 Å². The maximum absolute atomic E-state index is 13.7. The second-order valence-electron chi connectivity index (χ2n) is 9.84. The molecule has 0 radical (unpaired) electrons. The Balaban J connectivity index is 1.54. The number of hydrogen-bond donors (Lipinski definition) is 1. The molecule has 3 aromatic heterocycles. The summed E-state index contributed by atoms with van der Waals surface area (Å²) in [5.74, 6) is -1.61. The van der Waals surface area contributed by atoms with E-state index in [9.17, 15) is 19.5 Å². The Morgan fingerprint density at radius 3 is 2.63 bits per heavy atom. The van der Waals surface area contributed by atoms with Crippen LogP contribution in [0.25, 0.3) is 21.0 Å². The first-order valence-corrected chi connectivity index (χ1v) is 13.8. The molecule has 0 aliphatic heterocycles. The molecule has 38 heavy (non-hydrogen) atoms. The van der Waals surface area contributed by atoms with Crippen molar-refractivity contribution in [3.8, 4) is 10.8 Å². The van der Waals surface area contributed by atoms with Gasteiger partial charge in [-0.2, -0.15) is 0 Å². The Morgan fingerprint density at radius 2 is 1.95 bits per heavy atom. The van der Waals surface area contributed by atoms with Gasteiger partial charge in [-0.3, -0.25) is 18.7 Å². The van der Waals surface area contributed by atoms with E-state index < -0.39 is 23.1 Å². The number of aromatic nitrogens is 3.